The first-order chi connectivity index (χ1) is 12.1. The molecule has 1 N–H and O–H groups in total. The molecule has 0 aliphatic heterocycles. The molecule has 0 spiro atoms. The van der Waals surface area contributed by atoms with E-state index in [9.17, 15) is 4.79 Å². The standard InChI is InChI=1S/C23H29NO/c1-4-21(20-13-12-17(2)16-18(20)3)24-22(25)23(14-8-9-15-23)19-10-6-5-7-11-19/h5-7,10-13,16,21H,4,8-9,14-15H2,1-3H3,(H,24,25)/t21-/m0/s1. The van der Waals surface area contributed by atoms with E-state index in [0.29, 0.717) is 0 Å². The maximum atomic E-state index is 13.4. The summed E-state index contributed by atoms with van der Waals surface area (Å²) in [6.07, 6.45) is 5.06. The van der Waals surface area contributed by atoms with Gasteiger partial charge in [0.15, 0.2) is 0 Å². The van der Waals surface area contributed by atoms with E-state index in [1.54, 1.807) is 0 Å². The summed E-state index contributed by atoms with van der Waals surface area (Å²) in [6.45, 7) is 6.40. The number of amides is 1. The first-order valence-corrected chi connectivity index (χ1v) is 9.50. The van der Waals surface area contributed by atoms with Crippen LogP contribution in [-0.4, -0.2) is 5.91 Å². The molecular weight excluding hydrogens is 306 g/mol. The van der Waals surface area contributed by atoms with Crippen LogP contribution in [0.2, 0.25) is 0 Å². The normalized spacial score (nSPS) is 17.2. The molecule has 2 heteroatoms. The smallest absolute Gasteiger partial charge is 0.231 e. The van der Waals surface area contributed by atoms with Crippen LogP contribution in [0.25, 0.3) is 0 Å². The predicted octanol–water partition coefficient (Wildman–Crippen LogP) is 5.38. The van der Waals surface area contributed by atoms with Crippen LogP contribution in [0.5, 0.6) is 0 Å². The Hall–Kier alpha value is -2.09. The summed E-state index contributed by atoms with van der Waals surface area (Å²) in [4.78, 5) is 13.4. The van der Waals surface area contributed by atoms with Crippen molar-refractivity contribution in [2.75, 3.05) is 0 Å². The van der Waals surface area contributed by atoms with Gasteiger partial charge in [0.05, 0.1) is 11.5 Å². The molecule has 1 amide bonds. The quantitative estimate of drug-likeness (QED) is 0.780. The average molecular weight is 335 g/mol. The summed E-state index contributed by atoms with van der Waals surface area (Å²) < 4.78 is 0. The van der Waals surface area contributed by atoms with E-state index < -0.39 is 0 Å². The minimum Gasteiger partial charge on any atom is -0.349 e. The van der Waals surface area contributed by atoms with Gasteiger partial charge < -0.3 is 5.32 Å². The van der Waals surface area contributed by atoms with Gasteiger partial charge in [0.1, 0.15) is 0 Å². The van der Waals surface area contributed by atoms with Crippen LogP contribution < -0.4 is 5.32 Å². The third-order valence-corrected chi connectivity index (χ3v) is 5.73. The monoisotopic (exact) mass is 335 g/mol. The SMILES string of the molecule is CC[C@H](NC(=O)C1(c2ccccc2)CCCC1)c1ccc(C)cc1C. The number of hydrogen-bond acceptors (Lipinski definition) is 1. The van der Waals surface area contributed by atoms with E-state index in [1.165, 1.54) is 22.3 Å². The lowest BCUT2D eigenvalue weighted by Gasteiger charge is -2.31. The minimum atomic E-state index is -0.354. The van der Waals surface area contributed by atoms with Crippen molar-refractivity contribution >= 4 is 5.91 Å². The molecule has 2 aromatic carbocycles. The van der Waals surface area contributed by atoms with Crippen LogP contribution in [0.1, 0.15) is 67.3 Å². The summed E-state index contributed by atoms with van der Waals surface area (Å²) in [5.41, 5.74) is 4.57. The summed E-state index contributed by atoms with van der Waals surface area (Å²) in [7, 11) is 0. The molecule has 2 aromatic rings. The molecule has 0 bridgehead atoms. The molecule has 1 aliphatic rings. The second-order valence-corrected chi connectivity index (χ2v) is 7.45. The highest BCUT2D eigenvalue weighted by molar-refractivity contribution is 5.89. The van der Waals surface area contributed by atoms with E-state index in [0.717, 1.165) is 32.1 Å². The summed E-state index contributed by atoms with van der Waals surface area (Å²) >= 11 is 0. The fourth-order valence-electron chi connectivity index (χ4n) is 4.30. The Morgan fingerprint density at radius 1 is 1.08 bits per heavy atom. The topological polar surface area (TPSA) is 29.1 Å². The van der Waals surface area contributed by atoms with E-state index in [2.05, 4.69) is 56.4 Å². The van der Waals surface area contributed by atoms with Crippen molar-refractivity contribution in [1.82, 2.24) is 5.32 Å². The molecule has 1 atom stereocenters. The van der Waals surface area contributed by atoms with E-state index in [4.69, 9.17) is 0 Å². The van der Waals surface area contributed by atoms with Crippen LogP contribution in [0.15, 0.2) is 48.5 Å². The molecule has 0 aromatic heterocycles. The van der Waals surface area contributed by atoms with Gasteiger partial charge in [0, 0.05) is 0 Å². The Morgan fingerprint density at radius 2 is 1.76 bits per heavy atom. The van der Waals surface area contributed by atoms with Gasteiger partial charge >= 0.3 is 0 Å². The van der Waals surface area contributed by atoms with Crippen LogP contribution in [0.3, 0.4) is 0 Å². The third kappa shape index (κ3) is 3.49. The second kappa shape index (κ2) is 7.43. The van der Waals surface area contributed by atoms with Gasteiger partial charge in [-0.15, -0.1) is 0 Å². The number of rotatable bonds is 5. The van der Waals surface area contributed by atoms with Crippen molar-refractivity contribution in [1.29, 1.82) is 0 Å². The predicted molar refractivity (Wildman–Crippen MR) is 104 cm³/mol. The number of aryl methyl sites for hydroxylation is 2. The maximum absolute atomic E-state index is 13.4. The van der Waals surface area contributed by atoms with E-state index >= 15 is 0 Å². The van der Waals surface area contributed by atoms with Crippen molar-refractivity contribution < 1.29 is 4.79 Å². The number of hydrogen-bond donors (Lipinski definition) is 1. The zero-order valence-corrected chi connectivity index (χ0v) is 15.6. The molecule has 1 saturated carbocycles. The van der Waals surface area contributed by atoms with E-state index in [1.807, 2.05) is 18.2 Å². The number of benzene rings is 2. The lowest BCUT2D eigenvalue weighted by atomic mass is 9.77. The number of carbonyl (C=O) groups is 1. The lowest BCUT2D eigenvalue weighted by molar-refractivity contribution is -0.127. The fraction of sp³-hybridized carbons (Fsp3) is 0.435. The molecule has 0 unspecified atom stereocenters. The molecule has 132 valence electrons. The van der Waals surface area contributed by atoms with Gasteiger partial charge in [-0.3, -0.25) is 4.79 Å². The first-order valence-electron chi connectivity index (χ1n) is 9.50. The van der Waals surface area contributed by atoms with Gasteiger partial charge in [-0.1, -0.05) is 73.9 Å². The largest absolute Gasteiger partial charge is 0.349 e. The second-order valence-electron chi connectivity index (χ2n) is 7.45. The van der Waals surface area contributed by atoms with Crippen LogP contribution in [-0.2, 0) is 10.2 Å². The average Bonchev–Trinajstić information content (AvgIpc) is 3.12. The Labute approximate surface area is 151 Å². The van der Waals surface area contributed by atoms with Crippen LogP contribution in [0.4, 0.5) is 0 Å². The molecule has 25 heavy (non-hydrogen) atoms. The Kier molecular flexibility index (Phi) is 5.27. The minimum absolute atomic E-state index is 0.0780. The molecule has 0 radical (unpaired) electrons. The van der Waals surface area contributed by atoms with Crippen molar-refractivity contribution in [3.63, 3.8) is 0 Å². The highest BCUT2D eigenvalue weighted by Crippen LogP contribution is 2.42. The molecule has 1 aliphatic carbocycles. The number of nitrogens with one attached hydrogen (secondary N) is 1. The zero-order chi connectivity index (χ0) is 17.9. The van der Waals surface area contributed by atoms with E-state index in [-0.39, 0.29) is 17.4 Å². The van der Waals surface area contributed by atoms with Gasteiger partial charge in [0.2, 0.25) is 5.91 Å². The summed E-state index contributed by atoms with van der Waals surface area (Å²) in [6, 6.07) is 16.9. The van der Waals surface area contributed by atoms with Gasteiger partial charge in [-0.05, 0) is 49.8 Å². The summed E-state index contributed by atoms with van der Waals surface area (Å²) in [5, 5.41) is 3.39. The maximum Gasteiger partial charge on any atom is 0.231 e. The molecule has 0 saturated heterocycles. The van der Waals surface area contributed by atoms with Crippen molar-refractivity contribution in [2.45, 2.75) is 64.3 Å². The van der Waals surface area contributed by atoms with Gasteiger partial charge in [0.25, 0.3) is 0 Å². The van der Waals surface area contributed by atoms with Crippen molar-refractivity contribution in [2.24, 2.45) is 0 Å². The third-order valence-electron chi connectivity index (χ3n) is 5.73. The number of carbonyl (C=O) groups excluding carboxylic acids is 1. The molecule has 0 heterocycles. The fourth-order valence-corrected chi connectivity index (χ4v) is 4.30. The lowest BCUT2D eigenvalue weighted by Crippen LogP contribution is -2.44. The zero-order valence-electron chi connectivity index (χ0n) is 15.6. The molecule has 1 fully saturated rings. The Balaban J connectivity index is 1.88. The van der Waals surface area contributed by atoms with Crippen LogP contribution >= 0.6 is 0 Å². The summed E-state index contributed by atoms with van der Waals surface area (Å²) in [5.74, 6) is 0.197. The highest BCUT2D eigenvalue weighted by Gasteiger charge is 2.43. The Morgan fingerprint density at radius 3 is 2.36 bits per heavy atom. The molecule has 3 rings (SSSR count). The van der Waals surface area contributed by atoms with Crippen molar-refractivity contribution in [3.05, 3.63) is 70.8 Å². The first kappa shape index (κ1) is 17.7. The molecule has 2 nitrogen and oxygen atoms in total. The van der Waals surface area contributed by atoms with Gasteiger partial charge in [-0.25, -0.2) is 0 Å². The van der Waals surface area contributed by atoms with Crippen LogP contribution in [0, 0.1) is 13.8 Å². The highest BCUT2D eigenvalue weighted by atomic mass is 16.2. The molecular formula is C23H29NO. The Bertz CT molecular complexity index is 729. The van der Waals surface area contributed by atoms with Crippen molar-refractivity contribution in [3.8, 4) is 0 Å². The van der Waals surface area contributed by atoms with Gasteiger partial charge in [-0.2, -0.15) is 0 Å².